The smallest absolute Gasteiger partial charge is 0.261 e. The number of ether oxygens (including phenoxy) is 1. The average molecular weight is 344 g/mol. The summed E-state index contributed by atoms with van der Waals surface area (Å²) < 4.78 is 5.61. The summed E-state index contributed by atoms with van der Waals surface area (Å²) in [5, 5.41) is 22.5. The van der Waals surface area contributed by atoms with Crippen molar-refractivity contribution < 1.29 is 19.7 Å². The molecule has 0 saturated carbocycles. The lowest BCUT2D eigenvalue weighted by Gasteiger charge is -2.24. The van der Waals surface area contributed by atoms with Gasteiger partial charge in [0, 0.05) is 5.69 Å². The van der Waals surface area contributed by atoms with Crippen LogP contribution in [-0.4, -0.2) is 34.9 Å². The van der Waals surface area contributed by atoms with Gasteiger partial charge in [0.25, 0.3) is 5.91 Å². The van der Waals surface area contributed by atoms with Crippen molar-refractivity contribution >= 4 is 11.6 Å². The van der Waals surface area contributed by atoms with Crippen molar-refractivity contribution in [3.63, 3.8) is 0 Å². The quantitative estimate of drug-likeness (QED) is 0.571. The van der Waals surface area contributed by atoms with Crippen molar-refractivity contribution in [2.45, 2.75) is 32.1 Å². The zero-order chi connectivity index (χ0) is 18.4. The van der Waals surface area contributed by atoms with Crippen LogP contribution in [-0.2, 0) is 4.79 Å². The third kappa shape index (κ3) is 5.20. The lowest BCUT2D eigenvalue weighted by molar-refractivity contribution is -0.129. The Morgan fingerprint density at radius 3 is 2.52 bits per heavy atom. The average Bonchev–Trinajstić information content (AvgIpc) is 2.59. The Labute approximate surface area is 147 Å². The van der Waals surface area contributed by atoms with Crippen LogP contribution >= 0.6 is 0 Å². The second-order valence-corrected chi connectivity index (χ2v) is 5.99. The standard InChI is InChI=1S/C19H24N2O4/c1-12-4-3-5-16(10-12)25-13(2)19(24)21-17(11-22)18(23)14-6-8-15(20)9-7-14/h3-10,13,17-18,22-23H,11,20H2,1-2H3,(H,21,24). The molecule has 0 fully saturated rings. The molecule has 1 amide bonds. The zero-order valence-corrected chi connectivity index (χ0v) is 14.3. The Bertz CT molecular complexity index is 703. The van der Waals surface area contributed by atoms with Gasteiger partial charge in [-0.25, -0.2) is 0 Å². The molecular weight excluding hydrogens is 320 g/mol. The highest BCUT2D eigenvalue weighted by molar-refractivity contribution is 5.81. The molecule has 0 bridgehead atoms. The Kier molecular flexibility index (Phi) is 6.38. The molecule has 3 unspecified atom stereocenters. The Morgan fingerprint density at radius 2 is 1.92 bits per heavy atom. The minimum atomic E-state index is -1.05. The number of benzene rings is 2. The third-order valence-electron chi connectivity index (χ3n) is 3.86. The second kappa shape index (κ2) is 8.50. The van der Waals surface area contributed by atoms with E-state index in [1.807, 2.05) is 25.1 Å². The molecule has 6 heteroatoms. The molecule has 0 aromatic heterocycles. The van der Waals surface area contributed by atoms with E-state index in [9.17, 15) is 15.0 Å². The predicted molar refractivity (Wildman–Crippen MR) is 96.1 cm³/mol. The summed E-state index contributed by atoms with van der Waals surface area (Å²) in [4.78, 5) is 12.3. The van der Waals surface area contributed by atoms with Crippen LogP contribution in [0.25, 0.3) is 0 Å². The number of aliphatic hydroxyl groups excluding tert-OH is 2. The van der Waals surface area contributed by atoms with Crippen LogP contribution in [0, 0.1) is 6.92 Å². The predicted octanol–water partition coefficient (Wildman–Crippen LogP) is 1.56. The summed E-state index contributed by atoms with van der Waals surface area (Å²) in [6.07, 6.45) is -1.82. The zero-order valence-electron chi connectivity index (χ0n) is 14.3. The van der Waals surface area contributed by atoms with Gasteiger partial charge in [-0.05, 0) is 49.2 Å². The molecule has 5 N–H and O–H groups in total. The van der Waals surface area contributed by atoms with E-state index in [1.165, 1.54) is 0 Å². The van der Waals surface area contributed by atoms with Crippen LogP contribution < -0.4 is 15.8 Å². The number of nitrogens with one attached hydrogen (secondary N) is 1. The lowest BCUT2D eigenvalue weighted by Crippen LogP contribution is -2.47. The summed E-state index contributed by atoms with van der Waals surface area (Å²) in [7, 11) is 0. The van der Waals surface area contributed by atoms with E-state index in [0.29, 0.717) is 17.0 Å². The van der Waals surface area contributed by atoms with Crippen LogP contribution in [0.2, 0.25) is 0 Å². The number of aryl methyl sites for hydroxylation is 1. The minimum absolute atomic E-state index is 0.408. The van der Waals surface area contributed by atoms with Gasteiger partial charge in [-0.15, -0.1) is 0 Å². The number of nitrogen functional groups attached to an aromatic ring is 1. The van der Waals surface area contributed by atoms with Gasteiger partial charge in [-0.3, -0.25) is 4.79 Å². The summed E-state index contributed by atoms with van der Waals surface area (Å²) in [6.45, 7) is 3.14. The number of nitrogens with two attached hydrogens (primary N) is 1. The molecule has 3 atom stereocenters. The number of amides is 1. The number of hydrogen-bond donors (Lipinski definition) is 4. The molecule has 0 aliphatic heterocycles. The summed E-state index contributed by atoms with van der Waals surface area (Å²) in [5.41, 5.74) is 7.77. The van der Waals surface area contributed by atoms with Gasteiger partial charge < -0.3 is 26.0 Å². The summed E-state index contributed by atoms with van der Waals surface area (Å²) >= 11 is 0. The minimum Gasteiger partial charge on any atom is -0.481 e. The molecule has 2 aromatic carbocycles. The molecule has 2 aromatic rings. The highest BCUT2D eigenvalue weighted by Gasteiger charge is 2.25. The monoisotopic (exact) mass is 344 g/mol. The maximum absolute atomic E-state index is 12.3. The van der Waals surface area contributed by atoms with E-state index in [0.717, 1.165) is 5.56 Å². The number of aliphatic hydroxyl groups is 2. The Morgan fingerprint density at radius 1 is 1.24 bits per heavy atom. The van der Waals surface area contributed by atoms with Crippen molar-refractivity contribution in [2.24, 2.45) is 0 Å². The van der Waals surface area contributed by atoms with Gasteiger partial charge in [-0.1, -0.05) is 24.3 Å². The molecule has 25 heavy (non-hydrogen) atoms. The van der Waals surface area contributed by atoms with E-state index in [2.05, 4.69) is 5.32 Å². The molecule has 0 heterocycles. The molecule has 6 nitrogen and oxygen atoms in total. The molecule has 0 radical (unpaired) electrons. The number of anilines is 1. The fraction of sp³-hybridized carbons (Fsp3) is 0.316. The first kappa shape index (κ1) is 18.8. The first-order chi connectivity index (χ1) is 11.9. The lowest BCUT2D eigenvalue weighted by atomic mass is 10.0. The highest BCUT2D eigenvalue weighted by atomic mass is 16.5. The second-order valence-electron chi connectivity index (χ2n) is 5.99. The van der Waals surface area contributed by atoms with Gasteiger partial charge in [0.15, 0.2) is 6.10 Å². The van der Waals surface area contributed by atoms with Crippen LogP contribution in [0.1, 0.15) is 24.2 Å². The molecule has 134 valence electrons. The van der Waals surface area contributed by atoms with Gasteiger partial charge >= 0.3 is 0 Å². The fourth-order valence-electron chi connectivity index (χ4n) is 2.40. The van der Waals surface area contributed by atoms with Crippen molar-refractivity contribution in [1.29, 1.82) is 0 Å². The van der Waals surface area contributed by atoms with Crippen LogP contribution in [0.5, 0.6) is 5.75 Å². The van der Waals surface area contributed by atoms with Gasteiger partial charge in [0.2, 0.25) is 0 Å². The first-order valence-corrected chi connectivity index (χ1v) is 8.08. The highest BCUT2D eigenvalue weighted by Crippen LogP contribution is 2.19. The fourth-order valence-corrected chi connectivity index (χ4v) is 2.40. The number of hydrogen-bond acceptors (Lipinski definition) is 5. The van der Waals surface area contributed by atoms with E-state index in [1.54, 1.807) is 37.3 Å². The number of carbonyl (C=O) groups excluding carboxylic acids is 1. The molecule has 0 saturated heterocycles. The van der Waals surface area contributed by atoms with Crippen molar-refractivity contribution in [3.8, 4) is 5.75 Å². The van der Waals surface area contributed by atoms with E-state index >= 15 is 0 Å². The van der Waals surface area contributed by atoms with E-state index in [4.69, 9.17) is 10.5 Å². The number of carbonyl (C=O) groups is 1. The largest absolute Gasteiger partial charge is 0.481 e. The van der Waals surface area contributed by atoms with Crippen molar-refractivity contribution in [3.05, 3.63) is 59.7 Å². The van der Waals surface area contributed by atoms with Crippen molar-refractivity contribution in [1.82, 2.24) is 5.32 Å². The SMILES string of the molecule is Cc1cccc(OC(C)C(=O)NC(CO)C(O)c2ccc(N)cc2)c1. The van der Waals surface area contributed by atoms with E-state index in [-0.39, 0.29) is 0 Å². The van der Waals surface area contributed by atoms with Gasteiger partial charge in [-0.2, -0.15) is 0 Å². The van der Waals surface area contributed by atoms with Crippen molar-refractivity contribution in [2.75, 3.05) is 12.3 Å². The molecule has 0 aliphatic rings. The van der Waals surface area contributed by atoms with Crippen LogP contribution in [0.4, 0.5) is 5.69 Å². The number of rotatable bonds is 7. The first-order valence-electron chi connectivity index (χ1n) is 8.08. The third-order valence-corrected chi connectivity index (χ3v) is 3.86. The summed E-state index contributed by atoms with van der Waals surface area (Å²) in [5.74, 6) is 0.164. The van der Waals surface area contributed by atoms with Gasteiger partial charge in [0.1, 0.15) is 11.9 Å². The molecule has 2 rings (SSSR count). The molecule has 0 aliphatic carbocycles. The Balaban J connectivity index is 1.99. The topological polar surface area (TPSA) is 105 Å². The maximum Gasteiger partial charge on any atom is 0.261 e. The molecular formula is C19H24N2O4. The Hall–Kier alpha value is -2.57. The molecule has 0 spiro atoms. The van der Waals surface area contributed by atoms with Crippen LogP contribution in [0.3, 0.4) is 0 Å². The normalized spacial score (nSPS) is 14.4. The summed E-state index contributed by atoms with van der Waals surface area (Å²) in [6, 6.07) is 13.1. The van der Waals surface area contributed by atoms with E-state index < -0.39 is 30.8 Å². The van der Waals surface area contributed by atoms with Gasteiger partial charge in [0.05, 0.1) is 12.6 Å². The van der Waals surface area contributed by atoms with Crippen LogP contribution in [0.15, 0.2) is 48.5 Å². The maximum atomic E-state index is 12.3.